The Kier molecular flexibility index (Phi) is 6.19. The summed E-state index contributed by atoms with van der Waals surface area (Å²) in [7, 11) is 1.54. The highest BCUT2D eigenvalue weighted by molar-refractivity contribution is 5.93. The van der Waals surface area contributed by atoms with Gasteiger partial charge in [0.1, 0.15) is 0 Å². The van der Waals surface area contributed by atoms with Crippen molar-refractivity contribution in [3.05, 3.63) is 59.2 Å². The van der Waals surface area contributed by atoms with E-state index in [1.54, 1.807) is 30.0 Å². The van der Waals surface area contributed by atoms with Crippen LogP contribution >= 0.6 is 0 Å². The van der Waals surface area contributed by atoms with Gasteiger partial charge < -0.3 is 19.1 Å². The third kappa shape index (κ3) is 4.27. The Balaban J connectivity index is 1.66. The first-order valence-electron chi connectivity index (χ1n) is 9.40. The third-order valence-electron chi connectivity index (χ3n) is 4.77. The zero-order valence-electron chi connectivity index (χ0n) is 16.4. The van der Waals surface area contributed by atoms with Gasteiger partial charge in [-0.25, -0.2) is 4.79 Å². The van der Waals surface area contributed by atoms with Gasteiger partial charge in [-0.1, -0.05) is 24.3 Å². The number of fused-ring (bicyclic) bond motifs is 1. The van der Waals surface area contributed by atoms with Gasteiger partial charge in [0.05, 0.1) is 19.3 Å². The number of benzene rings is 2. The molecule has 1 atom stereocenters. The average molecular weight is 383 g/mol. The molecule has 0 unspecified atom stereocenters. The van der Waals surface area contributed by atoms with Crippen LogP contribution in [0.5, 0.6) is 11.5 Å². The number of methoxy groups -OCH3 is 1. The van der Waals surface area contributed by atoms with Gasteiger partial charge in [0.2, 0.25) is 0 Å². The van der Waals surface area contributed by atoms with Crippen LogP contribution in [0.15, 0.2) is 42.5 Å². The smallest absolute Gasteiger partial charge is 0.339 e. The first-order valence-corrected chi connectivity index (χ1v) is 9.40. The first-order chi connectivity index (χ1) is 13.5. The second-order valence-corrected chi connectivity index (χ2v) is 6.62. The molecule has 0 fully saturated rings. The highest BCUT2D eigenvalue weighted by Crippen LogP contribution is 2.28. The molecule has 0 N–H and O–H groups in total. The molecule has 1 aliphatic heterocycles. The summed E-state index contributed by atoms with van der Waals surface area (Å²) in [5.74, 6) is 0.240. The Labute approximate surface area is 165 Å². The molecule has 0 aromatic heterocycles. The van der Waals surface area contributed by atoms with E-state index in [-0.39, 0.29) is 5.91 Å². The number of nitrogens with zero attached hydrogens (tertiary/aromatic N) is 1. The number of rotatable bonds is 6. The van der Waals surface area contributed by atoms with Crippen LogP contribution in [-0.2, 0) is 22.5 Å². The van der Waals surface area contributed by atoms with Crippen molar-refractivity contribution >= 4 is 11.9 Å². The number of hydrogen-bond acceptors (Lipinski definition) is 5. The van der Waals surface area contributed by atoms with Crippen LogP contribution in [0, 0.1) is 0 Å². The van der Waals surface area contributed by atoms with Crippen LogP contribution in [0.2, 0.25) is 0 Å². The molecule has 0 bridgehead atoms. The Morgan fingerprint density at radius 1 is 1.11 bits per heavy atom. The van der Waals surface area contributed by atoms with Gasteiger partial charge in [-0.3, -0.25) is 4.79 Å². The monoisotopic (exact) mass is 383 g/mol. The van der Waals surface area contributed by atoms with E-state index in [1.165, 1.54) is 12.7 Å². The molecule has 2 aromatic carbocycles. The predicted molar refractivity (Wildman–Crippen MR) is 105 cm³/mol. The summed E-state index contributed by atoms with van der Waals surface area (Å²) >= 11 is 0. The number of hydrogen-bond donors (Lipinski definition) is 0. The Morgan fingerprint density at radius 2 is 1.86 bits per heavy atom. The number of amides is 1. The van der Waals surface area contributed by atoms with E-state index >= 15 is 0 Å². The van der Waals surface area contributed by atoms with Crippen molar-refractivity contribution in [2.45, 2.75) is 32.9 Å². The zero-order valence-corrected chi connectivity index (χ0v) is 16.4. The summed E-state index contributed by atoms with van der Waals surface area (Å²) in [5.41, 5.74) is 2.71. The van der Waals surface area contributed by atoms with Crippen LogP contribution in [-0.4, -0.2) is 43.1 Å². The number of carbonyl (C=O) groups is 2. The minimum Gasteiger partial charge on any atom is -0.493 e. The Hall–Kier alpha value is -3.02. The highest BCUT2D eigenvalue weighted by Gasteiger charge is 2.27. The normalized spacial score (nSPS) is 14.0. The topological polar surface area (TPSA) is 65.1 Å². The molecule has 1 heterocycles. The molecular formula is C22H25NO5. The maximum Gasteiger partial charge on any atom is 0.339 e. The Morgan fingerprint density at radius 3 is 2.57 bits per heavy atom. The van der Waals surface area contributed by atoms with Crippen LogP contribution < -0.4 is 9.47 Å². The van der Waals surface area contributed by atoms with E-state index in [4.69, 9.17) is 14.2 Å². The van der Waals surface area contributed by atoms with E-state index in [9.17, 15) is 9.59 Å². The fourth-order valence-corrected chi connectivity index (χ4v) is 3.29. The van der Waals surface area contributed by atoms with Gasteiger partial charge >= 0.3 is 5.97 Å². The maximum absolute atomic E-state index is 12.7. The lowest BCUT2D eigenvalue weighted by Crippen LogP contribution is -2.42. The van der Waals surface area contributed by atoms with E-state index in [2.05, 4.69) is 6.07 Å². The molecular weight excluding hydrogens is 358 g/mol. The molecule has 0 aliphatic carbocycles. The van der Waals surface area contributed by atoms with Crippen LogP contribution in [0.4, 0.5) is 0 Å². The van der Waals surface area contributed by atoms with Crippen molar-refractivity contribution in [2.75, 3.05) is 20.3 Å². The molecule has 0 spiro atoms. The van der Waals surface area contributed by atoms with Gasteiger partial charge in [-0.15, -0.1) is 0 Å². The molecule has 28 heavy (non-hydrogen) atoms. The first kappa shape index (κ1) is 19.7. The van der Waals surface area contributed by atoms with Crippen molar-refractivity contribution < 1.29 is 23.8 Å². The molecule has 0 saturated heterocycles. The maximum atomic E-state index is 12.7. The van der Waals surface area contributed by atoms with Crippen LogP contribution in [0.3, 0.4) is 0 Å². The lowest BCUT2D eigenvalue weighted by Gasteiger charge is -2.30. The lowest BCUT2D eigenvalue weighted by atomic mass is 9.99. The quantitative estimate of drug-likeness (QED) is 0.717. The summed E-state index contributed by atoms with van der Waals surface area (Å²) in [6, 6.07) is 12.9. The van der Waals surface area contributed by atoms with E-state index < -0.39 is 12.1 Å². The van der Waals surface area contributed by atoms with Crippen LogP contribution in [0.25, 0.3) is 0 Å². The number of esters is 1. The van der Waals surface area contributed by atoms with Gasteiger partial charge in [0.15, 0.2) is 17.6 Å². The van der Waals surface area contributed by atoms with Crippen molar-refractivity contribution in [1.82, 2.24) is 4.90 Å². The largest absolute Gasteiger partial charge is 0.493 e. The van der Waals surface area contributed by atoms with Crippen molar-refractivity contribution in [2.24, 2.45) is 0 Å². The highest BCUT2D eigenvalue weighted by atomic mass is 16.5. The molecule has 3 rings (SSSR count). The Bertz CT molecular complexity index is 864. The van der Waals surface area contributed by atoms with Crippen molar-refractivity contribution in [1.29, 1.82) is 0 Å². The van der Waals surface area contributed by atoms with Crippen molar-refractivity contribution in [3.63, 3.8) is 0 Å². The summed E-state index contributed by atoms with van der Waals surface area (Å²) < 4.78 is 16.1. The minimum atomic E-state index is -0.865. The molecule has 0 saturated carbocycles. The molecule has 0 radical (unpaired) electrons. The van der Waals surface area contributed by atoms with Gasteiger partial charge in [0, 0.05) is 13.1 Å². The molecule has 1 amide bonds. The second kappa shape index (κ2) is 8.78. The molecule has 6 heteroatoms. The molecule has 6 nitrogen and oxygen atoms in total. The van der Waals surface area contributed by atoms with Crippen LogP contribution in [0.1, 0.15) is 35.3 Å². The standard InChI is InChI=1S/C22H25NO5/c1-4-27-20-13-17(9-10-19(20)26-3)22(25)28-15(2)21(24)23-12-11-16-7-5-6-8-18(16)14-23/h5-10,13,15H,4,11-12,14H2,1-3H3/t15-/m0/s1. The fourth-order valence-electron chi connectivity index (χ4n) is 3.29. The third-order valence-corrected chi connectivity index (χ3v) is 4.77. The van der Waals surface area contributed by atoms with Gasteiger partial charge in [-0.05, 0) is 49.6 Å². The second-order valence-electron chi connectivity index (χ2n) is 6.62. The number of ether oxygens (including phenoxy) is 3. The SMILES string of the molecule is CCOc1cc(C(=O)O[C@@H](C)C(=O)N2CCc3ccccc3C2)ccc1OC. The lowest BCUT2D eigenvalue weighted by molar-refractivity contribution is -0.140. The zero-order chi connectivity index (χ0) is 20.1. The number of carbonyl (C=O) groups excluding carboxylic acids is 2. The summed E-state index contributed by atoms with van der Waals surface area (Å²) in [6.45, 7) is 5.05. The molecule has 1 aliphatic rings. The van der Waals surface area contributed by atoms with Crippen molar-refractivity contribution in [3.8, 4) is 11.5 Å². The fraction of sp³-hybridized carbons (Fsp3) is 0.364. The predicted octanol–water partition coefficient (Wildman–Crippen LogP) is 3.22. The molecule has 2 aromatic rings. The van der Waals surface area contributed by atoms with E-state index in [0.717, 1.165) is 12.0 Å². The van der Waals surface area contributed by atoms with E-state index in [0.29, 0.717) is 36.8 Å². The van der Waals surface area contributed by atoms with Gasteiger partial charge in [-0.2, -0.15) is 0 Å². The van der Waals surface area contributed by atoms with E-state index in [1.807, 2.05) is 25.1 Å². The molecule has 148 valence electrons. The summed E-state index contributed by atoms with van der Waals surface area (Å²) in [5, 5.41) is 0. The minimum absolute atomic E-state index is 0.193. The van der Waals surface area contributed by atoms with Gasteiger partial charge in [0.25, 0.3) is 5.91 Å². The summed E-state index contributed by atoms with van der Waals surface area (Å²) in [4.78, 5) is 27.0. The average Bonchev–Trinajstić information content (AvgIpc) is 2.72. The summed E-state index contributed by atoms with van der Waals surface area (Å²) in [6.07, 6.45) is -0.0610.